The third-order valence-corrected chi connectivity index (χ3v) is 4.40. The molecule has 0 spiro atoms. The van der Waals surface area contributed by atoms with Gasteiger partial charge in [-0.2, -0.15) is 0 Å². The van der Waals surface area contributed by atoms with Crippen molar-refractivity contribution in [1.29, 1.82) is 0 Å². The Morgan fingerprint density at radius 3 is 2.47 bits per heavy atom. The molecule has 2 rings (SSSR count). The van der Waals surface area contributed by atoms with E-state index in [1.54, 1.807) is 0 Å². The van der Waals surface area contributed by atoms with Crippen molar-refractivity contribution >= 4 is 56.4 Å². The van der Waals surface area contributed by atoms with E-state index in [0.29, 0.717) is 36.9 Å². The highest BCUT2D eigenvalue weighted by molar-refractivity contribution is 9.10. The molecule has 0 unspecified atom stereocenters. The molecular weight excluding hydrogens is 374 g/mol. The van der Waals surface area contributed by atoms with Crippen LogP contribution in [-0.2, 0) is 0 Å². The van der Waals surface area contributed by atoms with Crippen LogP contribution in [0.4, 0.5) is 5.69 Å². The molecule has 19 heavy (non-hydrogen) atoms. The predicted octanol–water partition coefficient (Wildman–Crippen LogP) is 5.49. The fraction of sp³-hybridized carbons (Fsp3) is 0.0833. The molecular formula is C12H8BrCl3N2O. The number of aromatic nitrogens is 1. The van der Waals surface area contributed by atoms with Gasteiger partial charge in [-0.05, 0) is 34.5 Å². The summed E-state index contributed by atoms with van der Waals surface area (Å²) in [4.78, 5) is 4.10. The van der Waals surface area contributed by atoms with Crippen LogP contribution in [0.15, 0.2) is 22.8 Å². The Morgan fingerprint density at radius 2 is 1.79 bits per heavy atom. The van der Waals surface area contributed by atoms with Crippen LogP contribution in [0.25, 0.3) is 0 Å². The second-order valence-electron chi connectivity index (χ2n) is 3.76. The van der Waals surface area contributed by atoms with Gasteiger partial charge in [0, 0.05) is 6.07 Å². The van der Waals surface area contributed by atoms with Gasteiger partial charge >= 0.3 is 0 Å². The number of nitrogens with zero attached hydrogens (tertiary/aromatic N) is 1. The molecule has 1 aromatic carbocycles. The van der Waals surface area contributed by atoms with Gasteiger partial charge in [0.15, 0.2) is 0 Å². The van der Waals surface area contributed by atoms with Crippen LogP contribution in [0, 0.1) is 6.92 Å². The maximum Gasteiger partial charge on any atom is 0.234 e. The number of hydrogen-bond donors (Lipinski definition) is 1. The van der Waals surface area contributed by atoms with Crippen LogP contribution < -0.4 is 10.5 Å². The quantitative estimate of drug-likeness (QED) is 0.699. The van der Waals surface area contributed by atoms with Gasteiger partial charge < -0.3 is 10.5 Å². The van der Waals surface area contributed by atoms with E-state index in [1.165, 1.54) is 18.3 Å². The number of nitrogen functional groups attached to an aromatic ring is 1. The first kappa shape index (κ1) is 14.7. The molecule has 0 aliphatic carbocycles. The molecule has 0 aliphatic rings. The van der Waals surface area contributed by atoms with Crippen molar-refractivity contribution in [3.05, 3.63) is 43.4 Å². The Labute approximate surface area is 133 Å². The highest BCUT2D eigenvalue weighted by Gasteiger charge is 2.13. The smallest absolute Gasteiger partial charge is 0.234 e. The number of halogens is 4. The van der Waals surface area contributed by atoms with Crippen LogP contribution in [0.5, 0.6) is 11.6 Å². The number of rotatable bonds is 2. The van der Waals surface area contributed by atoms with Crippen molar-refractivity contribution in [3.8, 4) is 11.6 Å². The minimum atomic E-state index is 0.345. The minimum absolute atomic E-state index is 0.345. The minimum Gasteiger partial charge on any atom is -0.436 e. The summed E-state index contributed by atoms with van der Waals surface area (Å²) < 4.78 is 6.28. The average Bonchev–Trinajstić information content (AvgIpc) is 2.36. The fourth-order valence-corrected chi connectivity index (χ4v) is 2.31. The number of nitrogens with two attached hydrogens (primary N) is 1. The summed E-state index contributed by atoms with van der Waals surface area (Å²) in [5.41, 5.74) is 7.15. The Kier molecular flexibility index (Phi) is 4.46. The molecule has 0 aliphatic heterocycles. The lowest BCUT2D eigenvalue weighted by atomic mass is 10.2. The Balaban J connectivity index is 2.42. The van der Waals surface area contributed by atoms with Crippen molar-refractivity contribution < 1.29 is 4.74 Å². The molecule has 0 saturated carbocycles. The van der Waals surface area contributed by atoms with Gasteiger partial charge in [-0.15, -0.1) is 0 Å². The van der Waals surface area contributed by atoms with Crippen LogP contribution in [0.2, 0.25) is 15.1 Å². The zero-order valence-electron chi connectivity index (χ0n) is 9.68. The van der Waals surface area contributed by atoms with Crippen LogP contribution in [0.1, 0.15) is 5.56 Å². The van der Waals surface area contributed by atoms with E-state index in [0.717, 1.165) is 5.56 Å². The summed E-state index contributed by atoms with van der Waals surface area (Å²) in [6.45, 7) is 1.85. The summed E-state index contributed by atoms with van der Waals surface area (Å²) in [6, 6.07) is 3.05. The normalized spacial score (nSPS) is 10.6. The van der Waals surface area contributed by atoms with Gasteiger partial charge in [0.05, 0.1) is 31.4 Å². The van der Waals surface area contributed by atoms with E-state index in [1.807, 2.05) is 6.92 Å². The molecule has 0 saturated heterocycles. The summed E-state index contributed by atoms with van der Waals surface area (Å²) in [5, 5.41) is 1.06. The van der Waals surface area contributed by atoms with E-state index in [2.05, 4.69) is 20.9 Å². The molecule has 0 atom stereocenters. The van der Waals surface area contributed by atoms with Crippen LogP contribution in [-0.4, -0.2) is 4.98 Å². The zero-order chi connectivity index (χ0) is 14.2. The summed E-state index contributed by atoms with van der Waals surface area (Å²) in [5.74, 6) is 0.723. The van der Waals surface area contributed by atoms with Crippen molar-refractivity contribution in [2.45, 2.75) is 6.92 Å². The van der Waals surface area contributed by atoms with E-state index in [-0.39, 0.29) is 0 Å². The number of benzene rings is 1. The third-order valence-electron chi connectivity index (χ3n) is 2.45. The maximum absolute atomic E-state index is 6.04. The lowest BCUT2D eigenvalue weighted by molar-refractivity contribution is 0.459. The predicted molar refractivity (Wildman–Crippen MR) is 82.6 cm³/mol. The van der Waals surface area contributed by atoms with Gasteiger partial charge in [0.2, 0.25) is 5.88 Å². The zero-order valence-corrected chi connectivity index (χ0v) is 13.5. The SMILES string of the molecule is Cc1c(N)cnc(Oc2cc(Cl)c(Cl)cc2Cl)c1Br. The van der Waals surface area contributed by atoms with Crippen LogP contribution in [0.3, 0.4) is 0 Å². The number of anilines is 1. The molecule has 0 bridgehead atoms. The highest BCUT2D eigenvalue weighted by Crippen LogP contribution is 2.38. The monoisotopic (exact) mass is 380 g/mol. The van der Waals surface area contributed by atoms with Crippen molar-refractivity contribution in [2.75, 3.05) is 5.73 Å². The van der Waals surface area contributed by atoms with Gasteiger partial charge in [-0.1, -0.05) is 34.8 Å². The van der Waals surface area contributed by atoms with Crippen molar-refractivity contribution in [3.63, 3.8) is 0 Å². The second-order valence-corrected chi connectivity index (χ2v) is 5.77. The molecule has 0 fully saturated rings. The molecule has 0 radical (unpaired) electrons. The summed E-state index contributed by atoms with van der Waals surface area (Å²) in [7, 11) is 0. The van der Waals surface area contributed by atoms with Crippen LogP contribution >= 0.6 is 50.7 Å². The number of ether oxygens (including phenoxy) is 1. The molecule has 1 aromatic heterocycles. The fourth-order valence-electron chi connectivity index (χ4n) is 1.33. The molecule has 100 valence electrons. The Hall–Kier alpha value is -0.680. The van der Waals surface area contributed by atoms with Gasteiger partial charge in [-0.25, -0.2) is 4.98 Å². The summed E-state index contributed by atoms with van der Waals surface area (Å²) in [6.07, 6.45) is 1.51. The van der Waals surface area contributed by atoms with E-state index < -0.39 is 0 Å². The van der Waals surface area contributed by atoms with Crippen molar-refractivity contribution in [2.24, 2.45) is 0 Å². The first-order valence-electron chi connectivity index (χ1n) is 5.13. The average molecular weight is 382 g/mol. The molecule has 7 heteroatoms. The standard InChI is InChI=1S/C12H8BrCl3N2O/c1-5-9(17)4-18-12(11(5)13)19-10-3-7(15)6(14)2-8(10)16/h2-4H,17H2,1H3. The Bertz CT molecular complexity index is 649. The third kappa shape index (κ3) is 3.08. The Morgan fingerprint density at radius 1 is 1.16 bits per heavy atom. The van der Waals surface area contributed by atoms with Gasteiger partial charge in [0.1, 0.15) is 5.75 Å². The summed E-state index contributed by atoms with van der Waals surface area (Å²) >= 11 is 21.2. The molecule has 2 aromatic rings. The topological polar surface area (TPSA) is 48.1 Å². The van der Waals surface area contributed by atoms with E-state index >= 15 is 0 Å². The van der Waals surface area contributed by atoms with Gasteiger partial charge in [-0.3, -0.25) is 0 Å². The lowest BCUT2D eigenvalue weighted by Crippen LogP contribution is -1.96. The highest BCUT2D eigenvalue weighted by atomic mass is 79.9. The lowest BCUT2D eigenvalue weighted by Gasteiger charge is -2.11. The van der Waals surface area contributed by atoms with Crippen molar-refractivity contribution in [1.82, 2.24) is 4.98 Å². The molecule has 1 heterocycles. The van der Waals surface area contributed by atoms with Gasteiger partial charge in [0.25, 0.3) is 0 Å². The first-order valence-corrected chi connectivity index (χ1v) is 7.05. The van der Waals surface area contributed by atoms with E-state index in [9.17, 15) is 0 Å². The molecule has 0 amide bonds. The number of hydrogen-bond acceptors (Lipinski definition) is 3. The second kappa shape index (κ2) is 5.75. The maximum atomic E-state index is 6.04. The number of pyridine rings is 1. The molecule has 3 nitrogen and oxygen atoms in total. The van der Waals surface area contributed by atoms with E-state index in [4.69, 9.17) is 45.3 Å². The first-order chi connectivity index (χ1) is 8.90. The molecule has 2 N–H and O–H groups in total. The largest absolute Gasteiger partial charge is 0.436 e.